The highest BCUT2D eigenvalue weighted by atomic mass is 14.7. The highest BCUT2D eigenvalue weighted by Gasteiger charge is 2.42. The molecule has 12 heavy (non-hydrogen) atoms. The van der Waals surface area contributed by atoms with Gasteiger partial charge >= 0.3 is 0 Å². The fourth-order valence-electron chi connectivity index (χ4n) is 2.23. The Morgan fingerprint density at radius 3 is 3.25 bits per heavy atom. The predicted molar refractivity (Wildman–Crippen MR) is 48.7 cm³/mol. The molecule has 1 aromatic heterocycles. The van der Waals surface area contributed by atoms with E-state index >= 15 is 0 Å². The van der Waals surface area contributed by atoms with Gasteiger partial charge in [0.15, 0.2) is 0 Å². The van der Waals surface area contributed by atoms with Crippen molar-refractivity contribution in [2.75, 3.05) is 0 Å². The van der Waals surface area contributed by atoms with Gasteiger partial charge in [-0.05, 0) is 42.9 Å². The molecule has 2 atom stereocenters. The average Bonchev–Trinajstić information content (AvgIpc) is 2.84. The Labute approximate surface area is 72.1 Å². The molecule has 1 saturated carbocycles. The Morgan fingerprint density at radius 1 is 1.42 bits per heavy atom. The molecule has 1 aromatic rings. The highest BCUT2D eigenvalue weighted by molar-refractivity contribution is 5.60. The third kappa shape index (κ3) is 0.711. The van der Waals surface area contributed by atoms with Crippen LogP contribution in [-0.2, 0) is 0 Å². The van der Waals surface area contributed by atoms with Crippen molar-refractivity contribution in [3.63, 3.8) is 0 Å². The van der Waals surface area contributed by atoms with Gasteiger partial charge in [-0.1, -0.05) is 11.6 Å². The topological polar surface area (TPSA) is 12.9 Å². The molecule has 2 aliphatic rings. The lowest BCUT2D eigenvalue weighted by molar-refractivity contribution is 0.914. The Hall–Kier alpha value is -1.11. The first kappa shape index (κ1) is 6.41. The zero-order chi connectivity index (χ0) is 8.13. The molecule has 0 radical (unpaired) electrons. The van der Waals surface area contributed by atoms with E-state index in [9.17, 15) is 0 Å². The summed E-state index contributed by atoms with van der Waals surface area (Å²) in [5.74, 6) is 1.65. The van der Waals surface area contributed by atoms with Crippen molar-refractivity contribution in [2.45, 2.75) is 19.3 Å². The molecule has 0 aliphatic heterocycles. The molecule has 1 unspecified atom stereocenters. The van der Waals surface area contributed by atoms with E-state index in [2.05, 4.69) is 24.1 Å². The summed E-state index contributed by atoms with van der Waals surface area (Å²) in [5.41, 5.74) is 4.19. The van der Waals surface area contributed by atoms with Gasteiger partial charge in [0.1, 0.15) is 0 Å². The summed E-state index contributed by atoms with van der Waals surface area (Å²) in [4.78, 5) is 4.37. The molecule has 0 aromatic carbocycles. The second-order valence-corrected chi connectivity index (χ2v) is 3.81. The normalized spacial score (nSPS) is 30.2. The van der Waals surface area contributed by atoms with E-state index in [4.69, 9.17) is 0 Å². The Morgan fingerprint density at radius 2 is 2.33 bits per heavy atom. The summed E-state index contributed by atoms with van der Waals surface area (Å²) in [6, 6.07) is 4.26. The largest absolute Gasteiger partial charge is 0.257 e. The first-order valence-corrected chi connectivity index (χ1v) is 4.49. The summed E-state index contributed by atoms with van der Waals surface area (Å²) in [7, 11) is 0. The molecule has 1 nitrogen and oxygen atoms in total. The van der Waals surface area contributed by atoms with Gasteiger partial charge in [0.25, 0.3) is 0 Å². The van der Waals surface area contributed by atoms with Crippen molar-refractivity contribution in [1.29, 1.82) is 0 Å². The van der Waals surface area contributed by atoms with E-state index in [1.807, 2.05) is 12.3 Å². The van der Waals surface area contributed by atoms with Crippen LogP contribution in [0, 0.1) is 5.92 Å². The van der Waals surface area contributed by atoms with Gasteiger partial charge in [0.05, 0.1) is 5.69 Å². The van der Waals surface area contributed by atoms with Gasteiger partial charge in [-0.3, -0.25) is 4.98 Å². The van der Waals surface area contributed by atoms with Crippen LogP contribution in [0.4, 0.5) is 0 Å². The lowest BCUT2D eigenvalue weighted by atomic mass is 9.97. The molecular formula is C11H11N. The van der Waals surface area contributed by atoms with Crippen LogP contribution in [0.1, 0.15) is 30.5 Å². The van der Waals surface area contributed by atoms with Gasteiger partial charge in [0.2, 0.25) is 0 Å². The molecule has 1 fully saturated rings. The molecule has 0 bridgehead atoms. The van der Waals surface area contributed by atoms with E-state index in [0.29, 0.717) is 0 Å². The van der Waals surface area contributed by atoms with Crippen LogP contribution < -0.4 is 0 Å². The van der Waals surface area contributed by atoms with Crippen molar-refractivity contribution >= 4 is 6.08 Å². The summed E-state index contributed by atoms with van der Waals surface area (Å²) in [5, 5.41) is 0. The first-order chi connectivity index (χ1) is 5.86. The summed E-state index contributed by atoms with van der Waals surface area (Å²) >= 11 is 0. The Balaban J connectivity index is 2.23. The van der Waals surface area contributed by atoms with Crippen molar-refractivity contribution in [1.82, 2.24) is 4.98 Å². The molecule has 1 heteroatoms. The van der Waals surface area contributed by atoms with Gasteiger partial charge in [-0.2, -0.15) is 0 Å². The number of allylic oxidation sites excluding steroid dienone is 1. The molecule has 0 spiro atoms. The molecule has 3 rings (SSSR count). The van der Waals surface area contributed by atoms with Crippen LogP contribution in [0.3, 0.4) is 0 Å². The van der Waals surface area contributed by atoms with Crippen molar-refractivity contribution < 1.29 is 0 Å². The molecule has 1 heterocycles. The van der Waals surface area contributed by atoms with Gasteiger partial charge in [0, 0.05) is 6.20 Å². The maximum Gasteiger partial charge on any atom is 0.0664 e. The van der Waals surface area contributed by atoms with Crippen LogP contribution in [0.5, 0.6) is 0 Å². The first-order valence-electron chi connectivity index (χ1n) is 4.49. The van der Waals surface area contributed by atoms with Crippen LogP contribution in [-0.4, -0.2) is 4.98 Å². The molecule has 0 amide bonds. The predicted octanol–water partition coefficient (Wildman–Crippen LogP) is 2.60. The SMILES string of the molecule is CC1=Cc2ncccc2[C@@H]2CC12. The fraction of sp³-hybridized carbons (Fsp3) is 0.364. The second kappa shape index (κ2) is 1.98. The Kier molecular flexibility index (Phi) is 1.06. The van der Waals surface area contributed by atoms with E-state index in [1.54, 1.807) is 0 Å². The highest BCUT2D eigenvalue weighted by Crippen LogP contribution is 2.55. The van der Waals surface area contributed by atoms with E-state index in [1.165, 1.54) is 23.3 Å². The third-order valence-corrected chi connectivity index (χ3v) is 3.01. The molecule has 0 N–H and O–H groups in total. The fourth-order valence-corrected chi connectivity index (χ4v) is 2.23. The maximum atomic E-state index is 4.37. The van der Waals surface area contributed by atoms with Crippen molar-refractivity contribution in [3.8, 4) is 0 Å². The van der Waals surface area contributed by atoms with Crippen LogP contribution >= 0.6 is 0 Å². The Bertz CT molecular complexity index is 365. The maximum absolute atomic E-state index is 4.37. The number of aromatic nitrogens is 1. The van der Waals surface area contributed by atoms with Crippen LogP contribution in [0.25, 0.3) is 6.08 Å². The smallest absolute Gasteiger partial charge is 0.0664 e. The van der Waals surface area contributed by atoms with Gasteiger partial charge in [-0.15, -0.1) is 0 Å². The number of pyridine rings is 1. The van der Waals surface area contributed by atoms with E-state index < -0.39 is 0 Å². The average molecular weight is 157 g/mol. The number of hydrogen-bond acceptors (Lipinski definition) is 1. The van der Waals surface area contributed by atoms with Crippen LogP contribution in [0.15, 0.2) is 23.9 Å². The van der Waals surface area contributed by atoms with Gasteiger partial charge < -0.3 is 0 Å². The standard InChI is InChI=1S/C11H11N/c1-7-5-11-8(3-2-4-12-11)10-6-9(7)10/h2-5,9-10H,6H2,1H3/t9?,10-/m0/s1. The zero-order valence-electron chi connectivity index (χ0n) is 7.12. The van der Waals surface area contributed by atoms with Crippen molar-refractivity contribution in [2.24, 2.45) is 5.92 Å². The second-order valence-electron chi connectivity index (χ2n) is 3.81. The van der Waals surface area contributed by atoms with E-state index in [-0.39, 0.29) is 0 Å². The molecule has 0 saturated heterocycles. The van der Waals surface area contributed by atoms with Crippen molar-refractivity contribution in [3.05, 3.63) is 35.2 Å². The quantitative estimate of drug-likeness (QED) is 0.564. The molecule has 60 valence electrons. The van der Waals surface area contributed by atoms with E-state index in [0.717, 1.165) is 11.8 Å². The number of nitrogens with zero attached hydrogens (tertiary/aromatic N) is 1. The molecule has 2 aliphatic carbocycles. The lowest BCUT2D eigenvalue weighted by Crippen LogP contribution is -1.97. The summed E-state index contributed by atoms with van der Waals surface area (Å²) in [6.45, 7) is 2.22. The van der Waals surface area contributed by atoms with Crippen LogP contribution in [0.2, 0.25) is 0 Å². The summed E-state index contributed by atoms with van der Waals surface area (Å²) in [6.07, 6.45) is 5.47. The van der Waals surface area contributed by atoms with Gasteiger partial charge in [-0.25, -0.2) is 0 Å². The lowest BCUT2D eigenvalue weighted by Gasteiger charge is -2.10. The number of hydrogen-bond donors (Lipinski definition) is 0. The minimum Gasteiger partial charge on any atom is -0.257 e. The monoisotopic (exact) mass is 157 g/mol. The third-order valence-electron chi connectivity index (χ3n) is 3.01. The number of rotatable bonds is 0. The zero-order valence-corrected chi connectivity index (χ0v) is 7.12. The minimum atomic E-state index is 0.804. The number of fused-ring (bicyclic) bond motifs is 3. The molecular weight excluding hydrogens is 146 g/mol. The summed E-state index contributed by atoms with van der Waals surface area (Å²) < 4.78 is 0. The minimum absolute atomic E-state index is 0.804.